The minimum atomic E-state index is -0.269. The molecule has 7 heteroatoms. The lowest BCUT2D eigenvalue weighted by atomic mass is 10.0. The van der Waals surface area contributed by atoms with Crippen molar-refractivity contribution in [1.29, 1.82) is 0 Å². The number of hydrogen-bond donors (Lipinski definition) is 3. The highest BCUT2D eigenvalue weighted by Crippen LogP contribution is 2.26. The first-order chi connectivity index (χ1) is 14.3. The summed E-state index contributed by atoms with van der Waals surface area (Å²) in [6.07, 6.45) is 1.30. The molecule has 0 heterocycles. The molecule has 3 N–H and O–H groups in total. The van der Waals surface area contributed by atoms with Gasteiger partial charge < -0.3 is 15.1 Å². The Morgan fingerprint density at radius 1 is 1.07 bits per heavy atom. The number of likely N-dealkylation sites (N-methyl/N-ethyl adjacent to an activating group) is 2. The van der Waals surface area contributed by atoms with Gasteiger partial charge in [0, 0.05) is 25.2 Å². The third-order valence-corrected chi connectivity index (χ3v) is 4.81. The van der Waals surface area contributed by atoms with Crippen LogP contribution in [0.1, 0.15) is 36.5 Å². The van der Waals surface area contributed by atoms with Crippen LogP contribution in [-0.2, 0) is 11.3 Å². The highest BCUT2D eigenvalue weighted by Gasteiger charge is 2.08. The largest absolute Gasteiger partial charge is 0.504 e. The summed E-state index contributed by atoms with van der Waals surface area (Å²) >= 11 is 0. The lowest BCUT2D eigenvalue weighted by Gasteiger charge is -2.21. The number of nitrogens with one attached hydrogen (secondary N) is 1. The molecule has 0 spiro atoms. The summed E-state index contributed by atoms with van der Waals surface area (Å²) in [5, 5.41) is 23.0. The molecular weight excluding hydrogens is 380 g/mol. The third kappa shape index (κ3) is 7.50. The lowest BCUT2D eigenvalue weighted by Crippen LogP contribution is -2.37. The van der Waals surface area contributed by atoms with Crippen LogP contribution in [0.15, 0.2) is 47.6 Å². The van der Waals surface area contributed by atoms with E-state index in [4.69, 9.17) is 0 Å². The molecule has 2 aromatic carbocycles. The number of hydrogen-bond acceptors (Lipinski definition) is 6. The summed E-state index contributed by atoms with van der Waals surface area (Å²) in [5.74, 6) is -0.216. The highest BCUT2D eigenvalue weighted by atomic mass is 16.3. The van der Waals surface area contributed by atoms with Gasteiger partial charge in [-0.3, -0.25) is 9.69 Å². The molecule has 0 aromatic heterocycles. The molecule has 1 amide bonds. The number of para-hydroxylation sites is 1. The van der Waals surface area contributed by atoms with Crippen LogP contribution in [0.5, 0.6) is 11.5 Å². The van der Waals surface area contributed by atoms with Gasteiger partial charge in [-0.2, -0.15) is 5.10 Å². The van der Waals surface area contributed by atoms with E-state index in [2.05, 4.69) is 60.6 Å². The van der Waals surface area contributed by atoms with Gasteiger partial charge in [0.25, 0.3) is 5.91 Å². The van der Waals surface area contributed by atoms with Crippen molar-refractivity contribution in [3.63, 3.8) is 0 Å². The van der Waals surface area contributed by atoms with Crippen LogP contribution in [0.3, 0.4) is 0 Å². The third-order valence-electron chi connectivity index (χ3n) is 4.81. The molecule has 0 atom stereocenters. The summed E-state index contributed by atoms with van der Waals surface area (Å²) < 4.78 is 0. The van der Waals surface area contributed by atoms with Gasteiger partial charge in [-0.05, 0) is 43.3 Å². The van der Waals surface area contributed by atoms with Gasteiger partial charge in [0.1, 0.15) is 0 Å². The normalized spacial score (nSPS) is 11.7. The fourth-order valence-electron chi connectivity index (χ4n) is 2.93. The van der Waals surface area contributed by atoms with E-state index in [0.717, 1.165) is 19.6 Å². The minimum Gasteiger partial charge on any atom is -0.504 e. The number of nitrogens with zero attached hydrogens (tertiary/aromatic N) is 3. The van der Waals surface area contributed by atoms with E-state index in [1.54, 1.807) is 12.1 Å². The number of carbonyl (C=O) groups is 1. The van der Waals surface area contributed by atoms with Crippen LogP contribution in [-0.4, -0.2) is 65.9 Å². The Kier molecular flexibility index (Phi) is 8.83. The van der Waals surface area contributed by atoms with Gasteiger partial charge in [0.2, 0.25) is 0 Å². The second-order valence-electron chi connectivity index (χ2n) is 7.88. The molecule has 0 bridgehead atoms. The smallest absolute Gasteiger partial charge is 0.254 e. The van der Waals surface area contributed by atoms with E-state index < -0.39 is 0 Å². The maximum atomic E-state index is 12.0. The summed E-state index contributed by atoms with van der Waals surface area (Å²) in [7, 11) is 3.95. The zero-order valence-corrected chi connectivity index (χ0v) is 18.2. The fraction of sp³-hybridized carbons (Fsp3) is 0.391. The van der Waals surface area contributed by atoms with E-state index in [-0.39, 0.29) is 24.0 Å². The Labute approximate surface area is 178 Å². The number of phenolic OH excluding ortho intramolecular Hbond substituents is 2. The monoisotopic (exact) mass is 412 g/mol. The van der Waals surface area contributed by atoms with E-state index >= 15 is 0 Å². The first-order valence-corrected chi connectivity index (χ1v) is 10.0. The molecule has 0 unspecified atom stereocenters. The Hall–Kier alpha value is -2.90. The predicted octanol–water partition coefficient (Wildman–Crippen LogP) is 2.74. The number of amides is 1. The summed E-state index contributed by atoms with van der Waals surface area (Å²) in [4.78, 5) is 16.2. The van der Waals surface area contributed by atoms with Gasteiger partial charge in [-0.15, -0.1) is 0 Å². The molecule has 30 heavy (non-hydrogen) atoms. The Bertz CT molecular complexity index is 850. The van der Waals surface area contributed by atoms with Crippen LogP contribution < -0.4 is 5.43 Å². The van der Waals surface area contributed by atoms with E-state index in [1.807, 2.05) is 11.9 Å². The van der Waals surface area contributed by atoms with Crippen LogP contribution in [0.4, 0.5) is 0 Å². The molecule has 7 nitrogen and oxygen atoms in total. The molecule has 2 aromatic rings. The second-order valence-corrected chi connectivity index (χ2v) is 7.88. The molecule has 0 aliphatic carbocycles. The van der Waals surface area contributed by atoms with Crippen molar-refractivity contribution < 1.29 is 15.0 Å². The van der Waals surface area contributed by atoms with E-state index in [9.17, 15) is 15.0 Å². The van der Waals surface area contributed by atoms with Gasteiger partial charge in [-0.25, -0.2) is 5.43 Å². The molecule has 162 valence electrons. The predicted molar refractivity (Wildman–Crippen MR) is 120 cm³/mol. The minimum absolute atomic E-state index is 0.209. The van der Waals surface area contributed by atoms with Gasteiger partial charge in [0.15, 0.2) is 11.5 Å². The van der Waals surface area contributed by atoms with Gasteiger partial charge in [-0.1, -0.05) is 44.2 Å². The van der Waals surface area contributed by atoms with Crippen molar-refractivity contribution in [1.82, 2.24) is 15.2 Å². The van der Waals surface area contributed by atoms with Crippen molar-refractivity contribution in [2.45, 2.75) is 26.3 Å². The summed E-state index contributed by atoms with van der Waals surface area (Å²) in [6, 6.07) is 13.3. The Balaban J connectivity index is 1.71. The molecule has 2 rings (SSSR count). The zero-order valence-electron chi connectivity index (χ0n) is 18.2. The molecule has 0 saturated carbocycles. The van der Waals surface area contributed by atoms with Crippen molar-refractivity contribution in [2.24, 2.45) is 5.10 Å². The molecular formula is C23H32N4O3. The lowest BCUT2D eigenvalue weighted by molar-refractivity contribution is -0.121. The Morgan fingerprint density at radius 2 is 1.73 bits per heavy atom. The van der Waals surface area contributed by atoms with Crippen molar-refractivity contribution in [3.8, 4) is 11.5 Å². The highest BCUT2D eigenvalue weighted by molar-refractivity contribution is 5.86. The second kappa shape index (κ2) is 11.3. The summed E-state index contributed by atoms with van der Waals surface area (Å²) in [5.41, 5.74) is 5.37. The molecule has 0 fully saturated rings. The number of aromatic hydroxyl groups is 2. The topological polar surface area (TPSA) is 88.4 Å². The number of rotatable bonds is 10. The molecule has 0 radical (unpaired) electrons. The number of phenols is 2. The molecule has 0 aliphatic rings. The van der Waals surface area contributed by atoms with Crippen LogP contribution in [0.25, 0.3) is 0 Å². The molecule has 0 saturated heterocycles. The van der Waals surface area contributed by atoms with Crippen LogP contribution >= 0.6 is 0 Å². The summed E-state index contributed by atoms with van der Waals surface area (Å²) in [6.45, 7) is 7.02. The standard InChI is InChI=1S/C23H32N4O3/c1-17(2)19-10-8-18(9-11-19)15-26(3)12-13-27(4)16-22(29)25-24-14-20-6-5-7-21(28)23(20)30/h5-11,14,17,28,30H,12-13,15-16H2,1-4H3,(H,25,29)/b24-14+. The maximum absolute atomic E-state index is 12.0. The van der Waals surface area contributed by atoms with Crippen molar-refractivity contribution >= 4 is 12.1 Å². The van der Waals surface area contributed by atoms with E-state index in [0.29, 0.717) is 11.5 Å². The fourth-order valence-corrected chi connectivity index (χ4v) is 2.93. The van der Waals surface area contributed by atoms with Gasteiger partial charge in [0.05, 0.1) is 12.8 Å². The number of benzene rings is 2. The maximum Gasteiger partial charge on any atom is 0.254 e. The zero-order chi connectivity index (χ0) is 22.1. The number of hydrazone groups is 1. The Morgan fingerprint density at radius 3 is 2.40 bits per heavy atom. The number of carbonyl (C=O) groups excluding carboxylic acids is 1. The molecule has 0 aliphatic heterocycles. The average molecular weight is 413 g/mol. The first kappa shape index (κ1) is 23.4. The van der Waals surface area contributed by atoms with Gasteiger partial charge >= 0.3 is 0 Å². The quantitative estimate of drug-likeness (QED) is 0.317. The van der Waals surface area contributed by atoms with Crippen molar-refractivity contribution in [2.75, 3.05) is 33.7 Å². The average Bonchev–Trinajstić information content (AvgIpc) is 2.70. The van der Waals surface area contributed by atoms with Crippen LogP contribution in [0, 0.1) is 0 Å². The van der Waals surface area contributed by atoms with E-state index in [1.165, 1.54) is 23.4 Å². The van der Waals surface area contributed by atoms with Crippen molar-refractivity contribution in [3.05, 3.63) is 59.2 Å². The SMILES string of the molecule is CC(C)c1ccc(CN(C)CCN(C)CC(=O)N/N=C/c2cccc(O)c2O)cc1. The van der Waals surface area contributed by atoms with Crippen LogP contribution in [0.2, 0.25) is 0 Å². The first-order valence-electron chi connectivity index (χ1n) is 10.0.